The normalized spacial score (nSPS) is 6.50. The summed E-state index contributed by atoms with van der Waals surface area (Å²) >= 11 is 1.06. The zero-order valence-corrected chi connectivity index (χ0v) is 3.18. The molecule has 0 saturated carbocycles. The van der Waals surface area contributed by atoms with Crippen LogP contribution in [0.25, 0.3) is 0 Å². The lowest BCUT2D eigenvalue weighted by Gasteiger charge is -1.61. The predicted molar refractivity (Wildman–Crippen MR) is 20.4 cm³/mol. The van der Waals surface area contributed by atoms with E-state index in [1.165, 1.54) is 0 Å². The van der Waals surface area contributed by atoms with E-state index in [9.17, 15) is 4.32 Å². The highest BCUT2D eigenvalue weighted by atomic mass is 32.2. The van der Waals surface area contributed by atoms with Gasteiger partial charge in [0.25, 0.3) is 0 Å². The maximum atomic E-state index is 10.6. The minimum absolute atomic E-state index is 0.542. The van der Waals surface area contributed by atoms with E-state index in [0.717, 1.165) is 11.6 Å². The monoisotopic (exact) mass is 77.0 g/mol. The molecule has 0 unspecified atom stereocenters. The molecule has 0 aliphatic rings. The quantitative estimate of drug-likeness (QED) is 0.418. The third-order valence-corrected chi connectivity index (χ3v) is 0.267. The summed E-state index contributed by atoms with van der Waals surface area (Å²) in [6, 6.07) is 0. The fourth-order valence-corrected chi connectivity index (χ4v) is 0. The molecule has 0 amide bonds. The molecule has 0 aromatic heterocycles. The topological polar surface area (TPSA) is 0 Å². The second-order valence-corrected chi connectivity index (χ2v) is 0.974. The van der Waals surface area contributed by atoms with Crippen molar-refractivity contribution < 1.29 is 4.32 Å². The van der Waals surface area contributed by atoms with Gasteiger partial charge in [0, 0.05) is 0 Å². The van der Waals surface area contributed by atoms with Crippen LogP contribution in [0.2, 0.25) is 0 Å². The smallest absolute Gasteiger partial charge is 0.325 e. The Labute approximate surface area is 30.0 Å². The van der Waals surface area contributed by atoms with Crippen molar-refractivity contribution >= 4 is 18.4 Å². The molecule has 23 valence electrons. The number of rotatable bonds is 1. The van der Waals surface area contributed by atoms with Crippen LogP contribution in [-0.2, 0) is 0 Å². The average Bonchev–Trinajstić information content (AvgIpc) is 1.37. The van der Waals surface area contributed by atoms with Gasteiger partial charge < -0.3 is 4.32 Å². The van der Waals surface area contributed by atoms with Gasteiger partial charge >= 0.3 is 6.84 Å². The molecule has 3 heteroatoms. The van der Waals surface area contributed by atoms with E-state index < -0.39 is 0 Å². The Kier molecular flexibility index (Phi) is 3.63. The Morgan fingerprint density at radius 3 is 2.25 bits per heavy atom. The SMILES string of the molecule is CS[B]F. The number of halogens is 1. The van der Waals surface area contributed by atoms with E-state index >= 15 is 0 Å². The van der Waals surface area contributed by atoms with Gasteiger partial charge in [-0.25, -0.2) is 0 Å². The van der Waals surface area contributed by atoms with E-state index in [4.69, 9.17) is 0 Å². The molecule has 1 radical (unpaired) electrons. The second kappa shape index (κ2) is 3.34. The summed E-state index contributed by atoms with van der Waals surface area (Å²) in [7, 11) is 0. The lowest BCUT2D eigenvalue weighted by atomic mass is 10.6. The molecule has 0 spiro atoms. The maximum absolute atomic E-state index is 10.6. The Balaban J connectivity index is 1.97. The van der Waals surface area contributed by atoms with E-state index in [1.54, 1.807) is 6.26 Å². The van der Waals surface area contributed by atoms with Gasteiger partial charge in [0.1, 0.15) is 0 Å². The van der Waals surface area contributed by atoms with Crippen LogP contribution in [0.15, 0.2) is 0 Å². The molecular formula is CH3BFS. The lowest BCUT2D eigenvalue weighted by Crippen LogP contribution is -1.56. The van der Waals surface area contributed by atoms with Crippen LogP contribution >= 0.6 is 11.6 Å². The van der Waals surface area contributed by atoms with Crippen LogP contribution in [0.3, 0.4) is 0 Å². The van der Waals surface area contributed by atoms with Crippen LogP contribution in [0.4, 0.5) is 4.32 Å². The summed E-state index contributed by atoms with van der Waals surface area (Å²) in [5.74, 6) is 0. The van der Waals surface area contributed by atoms with Crippen molar-refractivity contribution in [3.05, 3.63) is 0 Å². The molecule has 0 bridgehead atoms. The first-order chi connectivity index (χ1) is 1.91. The minimum Gasteiger partial charge on any atom is -0.325 e. The van der Waals surface area contributed by atoms with Gasteiger partial charge in [-0.3, -0.25) is 0 Å². The Morgan fingerprint density at radius 2 is 2.25 bits per heavy atom. The molecule has 0 rings (SSSR count). The summed E-state index contributed by atoms with van der Waals surface area (Å²) in [5.41, 5.74) is 0. The fourth-order valence-electron chi connectivity index (χ4n) is 0. The standard InChI is InChI=1S/CH3BFS/c1-4-2-3/h1H3. The molecule has 0 aromatic rings. The molecule has 0 aliphatic carbocycles. The van der Waals surface area contributed by atoms with Crippen molar-refractivity contribution in [1.29, 1.82) is 0 Å². The third-order valence-electron chi connectivity index (χ3n) is 0.0891. The molecule has 0 atom stereocenters. The average molecular weight is 76.9 g/mol. The van der Waals surface area contributed by atoms with Crippen LogP contribution in [0, 0.1) is 0 Å². The first kappa shape index (κ1) is 4.34. The van der Waals surface area contributed by atoms with Crippen molar-refractivity contribution in [2.75, 3.05) is 6.26 Å². The largest absolute Gasteiger partial charge is 0.429 e. The van der Waals surface area contributed by atoms with Crippen molar-refractivity contribution in [3.8, 4) is 0 Å². The zero-order valence-electron chi connectivity index (χ0n) is 2.36. The fraction of sp³-hybridized carbons (Fsp3) is 1.00. The molecule has 0 fully saturated rings. The van der Waals surface area contributed by atoms with E-state index in [0.29, 0.717) is 6.84 Å². The predicted octanol–water partition coefficient (Wildman–Crippen LogP) is 0.853. The summed E-state index contributed by atoms with van der Waals surface area (Å²) in [6.45, 7) is 0.542. The Morgan fingerprint density at radius 1 is 2.00 bits per heavy atom. The molecule has 0 heterocycles. The molecule has 0 nitrogen and oxygen atoms in total. The van der Waals surface area contributed by atoms with Gasteiger partial charge in [-0.05, 0) is 6.26 Å². The summed E-state index contributed by atoms with van der Waals surface area (Å²) in [6.07, 6.45) is 1.67. The molecular weight excluding hydrogens is 73.9 g/mol. The minimum atomic E-state index is 0.542. The maximum Gasteiger partial charge on any atom is 0.429 e. The van der Waals surface area contributed by atoms with Gasteiger partial charge in [-0.15, -0.1) is 0 Å². The first-order valence-electron chi connectivity index (χ1n) is 0.862. The van der Waals surface area contributed by atoms with Gasteiger partial charge in [0.15, 0.2) is 0 Å². The van der Waals surface area contributed by atoms with Crippen molar-refractivity contribution in [2.24, 2.45) is 0 Å². The van der Waals surface area contributed by atoms with E-state index in [2.05, 4.69) is 0 Å². The second-order valence-electron chi connectivity index (χ2n) is 0.325. The Bertz CT molecular complexity index is 10.0. The molecule has 0 aliphatic heterocycles. The van der Waals surface area contributed by atoms with Crippen LogP contribution in [0.5, 0.6) is 0 Å². The zero-order chi connectivity index (χ0) is 3.41. The van der Waals surface area contributed by atoms with Crippen LogP contribution in [-0.4, -0.2) is 13.1 Å². The van der Waals surface area contributed by atoms with E-state index in [-0.39, 0.29) is 0 Å². The molecule has 0 N–H and O–H groups in total. The molecule has 0 aromatic carbocycles. The summed E-state index contributed by atoms with van der Waals surface area (Å²) in [5, 5.41) is 0. The Hall–Kier alpha value is 0.345. The lowest BCUT2D eigenvalue weighted by molar-refractivity contribution is 0.895. The third kappa shape index (κ3) is 2.34. The summed E-state index contributed by atoms with van der Waals surface area (Å²) in [4.78, 5) is 0. The number of hydrogen-bond donors (Lipinski definition) is 0. The van der Waals surface area contributed by atoms with Gasteiger partial charge in [0.2, 0.25) is 0 Å². The summed E-state index contributed by atoms with van der Waals surface area (Å²) < 4.78 is 10.6. The molecule has 0 saturated heterocycles. The van der Waals surface area contributed by atoms with Crippen LogP contribution in [0.1, 0.15) is 0 Å². The highest BCUT2D eigenvalue weighted by molar-refractivity contribution is 8.21. The van der Waals surface area contributed by atoms with Crippen molar-refractivity contribution in [1.82, 2.24) is 0 Å². The highest BCUT2D eigenvalue weighted by Crippen LogP contribution is 1.82. The van der Waals surface area contributed by atoms with Crippen LogP contribution < -0.4 is 0 Å². The molecule has 4 heavy (non-hydrogen) atoms. The van der Waals surface area contributed by atoms with Gasteiger partial charge in [-0.1, -0.05) is 0 Å². The highest BCUT2D eigenvalue weighted by Gasteiger charge is 1.70. The van der Waals surface area contributed by atoms with Crippen molar-refractivity contribution in [2.45, 2.75) is 0 Å². The number of hydrogen-bond acceptors (Lipinski definition) is 1. The van der Waals surface area contributed by atoms with Crippen molar-refractivity contribution in [3.63, 3.8) is 0 Å². The first-order valence-corrected chi connectivity index (χ1v) is 2.15. The van der Waals surface area contributed by atoms with Gasteiger partial charge in [0.05, 0.1) is 0 Å². The van der Waals surface area contributed by atoms with E-state index in [1.807, 2.05) is 0 Å². The van der Waals surface area contributed by atoms with Gasteiger partial charge in [-0.2, -0.15) is 11.6 Å².